The van der Waals surface area contributed by atoms with Crippen LogP contribution in [0.5, 0.6) is 0 Å². The minimum Gasteiger partial charge on any atom is -0.399 e. The van der Waals surface area contributed by atoms with Crippen LogP contribution >= 0.6 is 11.3 Å². The van der Waals surface area contributed by atoms with E-state index in [1.807, 2.05) is 31.3 Å². The Morgan fingerprint density at radius 3 is 2.44 bits per heavy atom. The summed E-state index contributed by atoms with van der Waals surface area (Å²) in [5, 5.41) is 1.08. The molecule has 2 heterocycles. The number of benzene rings is 1. The first-order chi connectivity index (χ1) is 11.7. The molecule has 1 aromatic carbocycles. The molecule has 0 saturated carbocycles. The predicted octanol–water partition coefficient (Wildman–Crippen LogP) is 3.91. The van der Waals surface area contributed by atoms with Crippen molar-refractivity contribution in [1.82, 2.24) is 4.98 Å². The molecule has 0 bridgehead atoms. The molecule has 0 aliphatic carbocycles. The van der Waals surface area contributed by atoms with Crippen LogP contribution in [0.25, 0.3) is 0 Å². The summed E-state index contributed by atoms with van der Waals surface area (Å²) >= 11 is 1.70. The SMILES string of the molecule is Cc1ncc(C(C)C#Cc2cccc(B3OC(C)(C)C(C)(C)O3)c2)s1. The highest BCUT2D eigenvalue weighted by atomic mass is 32.1. The van der Waals surface area contributed by atoms with Crippen molar-refractivity contribution in [2.75, 3.05) is 0 Å². The summed E-state index contributed by atoms with van der Waals surface area (Å²) < 4.78 is 12.3. The largest absolute Gasteiger partial charge is 0.494 e. The highest BCUT2D eigenvalue weighted by molar-refractivity contribution is 7.11. The van der Waals surface area contributed by atoms with E-state index in [2.05, 4.69) is 57.5 Å². The molecular weight excluding hydrogens is 329 g/mol. The quantitative estimate of drug-likeness (QED) is 0.606. The van der Waals surface area contributed by atoms with Crippen LogP contribution in [-0.2, 0) is 9.31 Å². The van der Waals surface area contributed by atoms with Gasteiger partial charge in [-0.25, -0.2) is 4.98 Å². The second-order valence-corrected chi connectivity index (χ2v) is 8.75. The van der Waals surface area contributed by atoms with Gasteiger partial charge in [-0.3, -0.25) is 0 Å². The Kier molecular flexibility index (Phi) is 4.81. The van der Waals surface area contributed by atoms with Gasteiger partial charge in [-0.2, -0.15) is 0 Å². The van der Waals surface area contributed by atoms with Gasteiger partial charge in [-0.15, -0.1) is 11.3 Å². The molecule has 0 spiro atoms. The van der Waals surface area contributed by atoms with Gasteiger partial charge in [0.05, 0.1) is 22.1 Å². The fourth-order valence-electron chi connectivity index (χ4n) is 2.58. The molecular formula is C20H24BNO2S. The van der Waals surface area contributed by atoms with Crippen LogP contribution in [0.3, 0.4) is 0 Å². The smallest absolute Gasteiger partial charge is 0.399 e. The molecule has 3 rings (SSSR count). The van der Waals surface area contributed by atoms with E-state index in [9.17, 15) is 0 Å². The van der Waals surface area contributed by atoms with Crippen molar-refractivity contribution < 1.29 is 9.31 Å². The van der Waals surface area contributed by atoms with Crippen LogP contribution in [0.2, 0.25) is 0 Å². The molecule has 1 aliphatic rings. The highest BCUT2D eigenvalue weighted by Gasteiger charge is 2.51. The van der Waals surface area contributed by atoms with Crippen molar-refractivity contribution >= 4 is 23.9 Å². The van der Waals surface area contributed by atoms with Crippen LogP contribution in [0, 0.1) is 18.8 Å². The average Bonchev–Trinajstić information content (AvgIpc) is 3.06. The average molecular weight is 353 g/mol. The Morgan fingerprint density at radius 1 is 1.16 bits per heavy atom. The van der Waals surface area contributed by atoms with Crippen LogP contribution in [-0.4, -0.2) is 23.3 Å². The molecule has 1 aliphatic heterocycles. The van der Waals surface area contributed by atoms with Gasteiger partial charge >= 0.3 is 7.12 Å². The van der Waals surface area contributed by atoms with Gasteiger partial charge in [0.2, 0.25) is 0 Å². The summed E-state index contributed by atoms with van der Waals surface area (Å²) in [6, 6.07) is 8.11. The third-order valence-corrected chi connectivity index (χ3v) is 6.01. The normalized spacial score (nSPS) is 19.4. The zero-order chi connectivity index (χ0) is 18.2. The second kappa shape index (κ2) is 6.61. The first-order valence-corrected chi connectivity index (χ1v) is 9.39. The lowest BCUT2D eigenvalue weighted by Crippen LogP contribution is -2.41. The minimum atomic E-state index is -0.353. The molecule has 1 aromatic heterocycles. The van der Waals surface area contributed by atoms with Crippen LogP contribution < -0.4 is 5.46 Å². The molecule has 1 fully saturated rings. The zero-order valence-corrected chi connectivity index (χ0v) is 16.5. The first kappa shape index (κ1) is 18.2. The van der Waals surface area contributed by atoms with Crippen molar-refractivity contribution in [2.24, 2.45) is 0 Å². The topological polar surface area (TPSA) is 31.4 Å². The zero-order valence-electron chi connectivity index (χ0n) is 15.7. The van der Waals surface area contributed by atoms with E-state index in [0.29, 0.717) is 0 Å². The summed E-state index contributed by atoms with van der Waals surface area (Å²) in [7, 11) is -0.353. The third-order valence-electron chi connectivity index (χ3n) is 4.91. The van der Waals surface area contributed by atoms with Gasteiger partial charge in [0.1, 0.15) is 0 Å². The fraction of sp³-hybridized carbons (Fsp3) is 0.450. The lowest BCUT2D eigenvalue weighted by molar-refractivity contribution is 0.00578. The molecule has 0 amide bonds. The van der Waals surface area contributed by atoms with E-state index in [0.717, 1.165) is 16.0 Å². The monoisotopic (exact) mass is 353 g/mol. The van der Waals surface area contributed by atoms with Crippen LogP contribution in [0.4, 0.5) is 0 Å². The van der Waals surface area contributed by atoms with Gasteiger partial charge in [-0.1, -0.05) is 24.0 Å². The maximum Gasteiger partial charge on any atom is 0.494 e. The van der Waals surface area contributed by atoms with Crippen molar-refractivity contribution in [3.8, 4) is 11.8 Å². The maximum atomic E-state index is 6.13. The Labute approximate surface area is 154 Å². The standard InChI is InChI=1S/C20H24BNO2S/c1-14(18-13-22-15(2)25-18)10-11-16-8-7-9-17(12-16)21-23-19(3,4)20(5,6)24-21/h7-9,12-14H,1-6H3. The maximum absolute atomic E-state index is 6.13. The molecule has 1 atom stereocenters. The van der Waals surface area contributed by atoms with Crippen molar-refractivity contribution in [1.29, 1.82) is 0 Å². The number of hydrogen-bond acceptors (Lipinski definition) is 4. The van der Waals surface area contributed by atoms with Crippen LogP contribution in [0.1, 0.15) is 56.0 Å². The Morgan fingerprint density at radius 2 is 1.84 bits per heavy atom. The van der Waals surface area contributed by atoms with Crippen molar-refractivity contribution in [3.63, 3.8) is 0 Å². The molecule has 1 unspecified atom stereocenters. The van der Waals surface area contributed by atoms with Crippen LogP contribution in [0.15, 0.2) is 30.5 Å². The molecule has 0 N–H and O–H groups in total. The lowest BCUT2D eigenvalue weighted by atomic mass is 9.78. The number of aromatic nitrogens is 1. The summed E-state index contributed by atoms with van der Waals surface area (Å²) in [6.45, 7) is 12.4. The molecule has 1 saturated heterocycles. The van der Waals surface area contributed by atoms with E-state index in [-0.39, 0.29) is 24.2 Å². The van der Waals surface area contributed by atoms with Gasteiger partial charge < -0.3 is 9.31 Å². The van der Waals surface area contributed by atoms with E-state index in [1.165, 1.54) is 4.88 Å². The number of hydrogen-bond donors (Lipinski definition) is 0. The number of rotatable bonds is 2. The van der Waals surface area contributed by atoms with Gasteiger partial charge in [0.25, 0.3) is 0 Å². The Hall–Kier alpha value is -1.61. The number of thiazole rings is 1. The first-order valence-electron chi connectivity index (χ1n) is 8.57. The van der Waals surface area contributed by atoms with E-state index < -0.39 is 0 Å². The lowest BCUT2D eigenvalue weighted by Gasteiger charge is -2.32. The predicted molar refractivity (Wildman–Crippen MR) is 104 cm³/mol. The van der Waals surface area contributed by atoms with Gasteiger partial charge in [0.15, 0.2) is 0 Å². The Bertz CT molecular complexity index is 815. The highest BCUT2D eigenvalue weighted by Crippen LogP contribution is 2.36. The molecule has 130 valence electrons. The van der Waals surface area contributed by atoms with Crippen molar-refractivity contribution in [2.45, 2.75) is 58.7 Å². The summed E-state index contributed by atoms with van der Waals surface area (Å²) in [6.07, 6.45) is 1.92. The van der Waals surface area contributed by atoms with E-state index in [1.54, 1.807) is 11.3 Å². The Balaban J connectivity index is 1.78. The summed E-state index contributed by atoms with van der Waals surface area (Å²) in [5.41, 5.74) is 1.31. The second-order valence-electron chi connectivity index (χ2n) is 7.49. The minimum absolute atomic E-state index is 0.173. The van der Waals surface area contributed by atoms with Crippen molar-refractivity contribution in [3.05, 3.63) is 45.9 Å². The number of nitrogens with zero attached hydrogens (tertiary/aromatic N) is 1. The molecule has 2 aromatic rings. The molecule has 25 heavy (non-hydrogen) atoms. The number of aryl methyl sites for hydroxylation is 1. The van der Waals surface area contributed by atoms with E-state index >= 15 is 0 Å². The van der Waals surface area contributed by atoms with Gasteiger partial charge in [-0.05, 0) is 59.1 Å². The fourth-order valence-corrected chi connectivity index (χ4v) is 3.37. The van der Waals surface area contributed by atoms with E-state index in [4.69, 9.17) is 9.31 Å². The summed E-state index contributed by atoms with van der Waals surface area (Å²) in [5.74, 6) is 6.77. The molecule has 5 heteroatoms. The molecule has 3 nitrogen and oxygen atoms in total. The molecule has 0 radical (unpaired) electrons. The van der Waals surface area contributed by atoms with Gasteiger partial charge in [0, 0.05) is 16.6 Å². The summed E-state index contributed by atoms with van der Waals surface area (Å²) in [4.78, 5) is 5.50. The third kappa shape index (κ3) is 3.82.